The van der Waals surface area contributed by atoms with Crippen LogP contribution in [0, 0.1) is 0 Å². The molecule has 1 aliphatic carbocycles. The molecule has 29 heavy (non-hydrogen) atoms. The van der Waals surface area contributed by atoms with Crippen molar-refractivity contribution in [2.45, 2.75) is 52.0 Å². The molecule has 0 bridgehead atoms. The molecular weight excluding hydrogens is 390 g/mol. The summed E-state index contributed by atoms with van der Waals surface area (Å²) >= 11 is 1.62. The highest BCUT2D eigenvalue weighted by Crippen LogP contribution is 2.30. The third-order valence-electron chi connectivity index (χ3n) is 5.36. The fourth-order valence-corrected chi connectivity index (χ4v) is 5.02. The molecule has 1 aromatic rings. The van der Waals surface area contributed by atoms with Crippen LogP contribution < -0.4 is 10.2 Å². The molecule has 3 rings (SSSR count). The first kappa shape index (κ1) is 21.8. The summed E-state index contributed by atoms with van der Waals surface area (Å²) in [6.07, 6.45) is 4.23. The fraction of sp³-hybridized carbons (Fsp3) is 0.667. The zero-order chi connectivity index (χ0) is 21.0. The monoisotopic (exact) mass is 422 g/mol. The molecular formula is C21H32N3O4S+. The molecule has 2 heterocycles. The second-order valence-corrected chi connectivity index (χ2v) is 9.90. The Balaban J connectivity index is 1.41. The van der Waals surface area contributed by atoms with Crippen molar-refractivity contribution in [3.63, 3.8) is 0 Å². The van der Waals surface area contributed by atoms with E-state index in [4.69, 9.17) is 4.74 Å². The predicted octanol–water partition coefficient (Wildman–Crippen LogP) is 0.426. The van der Waals surface area contributed by atoms with Gasteiger partial charge in [0.1, 0.15) is 0 Å². The second-order valence-electron chi connectivity index (χ2n) is 8.94. The highest BCUT2D eigenvalue weighted by molar-refractivity contribution is 7.10. The first-order valence-electron chi connectivity index (χ1n) is 10.4. The Kier molecular flexibility index (Phi) is 6.95. The molecule has 8 heteroatoms. The molecule has 1 aliphatic heterocycles. The summed E-state index contributed by atoms with van der Waals surface area (Å²) in [6, 6.07) is 0. The zero-order valence-corrected chi connectivity index (χ0v) is 18.5. The lowest BCUT2D eigenvalue weighted by molar-refractivity contribution is -0.896. The highest BCUT2D eigenvalue weighted by Gasteiger charge is 2.27. The number of esters is 1. The predicted molar refractivity (Wildman–Crippen MR) is 111 cm³/mol. The third kappa shape index (κ3) is 6.02. The average molecular weight is 423 g/mol. The number of piperazine rings is 1. The van der Waals surface area contributed by atoms with Gasteiger partial charge in [-0.25, -0.2) is 4.79 Å². The summed E-state index contributed by atoms with van der Waals surface area (Å²) in [5, 5.41) is 4.84. The number of aryl methyl sites for hydroxylation is 1. The molecule has 2 amide bonds. The lowest BCUT2D eigenvalue weighted by Gasteiger charge is -2.32. The molecule has 1 aromatic heterocycles. The fourth-order valence-electron chi connectivity index (χ4n) is 3.90. The molecule has 0 radical (unpaired) electrons. The van der Waals surface area contributed by atoms with Gasteiger partial charge in [-0.15, -0.1) is 11.3 Å². The van der Waals surface area contributed by atoms with Crippen molar-refractivity contribution in [3.8, 4) is 0 Å². The van der Waals surface area contributed by atoms with Crippen molar-refractivity contribution in [1.29, 1.82) is 0 Å². The van der Waals surface area contributed by atoms with Gasteiger partial charge in [-0.3, -0.25) is 9.59 Å². The zero-order valence-electron chi connectivity index (χ0n) is 17.6. The van der Waals surface area contributed by atoms with Crippen LogP contribution in [0.3, 0.4) is 0 Å². The number of amides is 2. The van der Waals surface area contributed by atoms with Crippen LogP contribution in [0.1, 0.15) is 54.4 Å². The minimum absolute atomic E-state index is 0.0281. The summed E-state index contributed by atoms with van der Waals surface area (Å²) in [6.45, 7) is 8.66. The molecule has 160 valence electrons. The molecule has 0 aromatic carbocycles. The molecule has 2 N–H and O–H groups in total. The van der Waals surface area contributed by atoms with Gasteiger partial charge >= 0.3 is 5.97 Å². The molecule has 7 nitrogen and oxygen atoms in total. The van der Waals surface area contributed by atoms with Crippen LogP contribution in [0.15, 0.2) is 5.38 Å². The van der Waals surface area contributed by atoms with Crippen LogP contribution >= 0.6 is 11.3 Å². The number of rotatable bonds is 5. The molecule has 0 saturated carbocycles. The van der Waals surface area contributed by atoms with E-state index in [-0.39, 0.29) is 29.9 Å². The number of nitrogens with one attached hydrogen (secondary N) is 2. The van der Waals surface area contributed by atoms with Gasteiger partial charge in [-0.05, 0) is 52.0 Å². The number of carbonyl (C=O) groups is 3. The van der Waals surface area contributed by atoms with Gasteiger partial charge in [-0.1, -0.05) is 0 Å². The van der Waals surface area contributed by atoms with E-state index in [1.54, 1.807) is 16.2 Å². The number of thiophene rings is 1. The Morgan fingerprint density at radius 2 is 1.86 bits per heavy atom. The van der Waals surface area contributed by atoms with E-state index >= 15 is 0 Å². The Labute approximate surface area is 176 Å². The lowest BCUT2D eigenvalue weighted by atomic mass is 9.96. The first-order valence-corrected chi connectivity index (χ1v) is 11.3. The molecule has 1 saturated heterocycles. The normalized spacial score (nSPS) is 17.6. The van der Waals surface area contributed by atoms with Crippen molar-refractivity contribution in [3.05, 3.63) is 21.4 Å². The van der Waals surface area contributed by atoms with E-state index in [1.165, 1.54) is 11.3 Å². The maximum atomic E-state index is 12.4. The van der Waals surface area contributed by atoms with Crippen molar-refractivity contribution in [2.75, 3.05) is 39.3 Å². The Morgan fingerprint density at radius 3 is 2.55 bits per heavy atom. The number of nitrogens with zero attached hydrogens (tertiary/aromatic N) is 1. The number of ether oxygens (including phenoxy) is 1. The van der Waals surface area contributed by atoms with Crippen LogP contribution in [-0.4, -0.2) is 67.6 Å². The topological polar surface area (TPSA) is 80.2 Å². The Morgan fingerprint density at radius 1 is 1.17 bits per heavy atom. The summed E-state index contributed by atoms with van der Waals surface area (Å²) in [5.41, 5.74) is 1.51. The summed E-state index contributed by atoms with van der Waals surface area (Å²) in [4.78, 5) is 41.1. The van der Waals surface area contributed by atoms with E-state index in [1.807, 2.05) is 26.2 Å². The molecule has 0 atom stereocenters. The SMILES string of the molecule is CC(C)(C)NC(=O)C[NH+]1CCN(C(=O)COC(=O)c2csc3c2CCCC3)CC1. The standard InChI is InChI=1S/C21H31N3O4S/c1-21(2,3)22-18(25)12-23-8-10-24(11-9-23)19(26)13-28-20(27)16-14-29-17-7-5-4-6-15(16)17/h14H,4-13H2,1-3H3,(H,22,25)/p+1. The van der Waals surface area contributed by atoms with Gasteiger partial charge in [-0.2, -0.15) is 0 Å². The maximum absolute atomic E-state index is 12.4. The number of hydrogen-bond acceptors (Lipinski definition) is 5. The van der Waals surface area contributed by atoms with Crippen LogP contribution in [0.25, 0.3) is 0 Å². The Bertz CT molecular complexity index is 760. The molecule has 2 aliphatic rings. The van der Waals surface area contributed by atoms with Crippen molar-refractivity contribution >= 4 is 29.1 Å². The van der Waals surface area contributed by atoms with Crippen LogP contribution in [-0.2, 0) is 27.2 Å². The van der Waals surface area contributed by atoms with E-state index < -0.39 is 0 Å². The largest absolute Gasteiger partial charge is 0.452 e. The quantitative estimate of drug-likeness (QED) is 0.675. The van der Waals surface area contributed by atoms with Crippen molar-refractivity contribution < 1.29 is 24.0 Å². The number of fused-ring (bicyclic) bond motifs is 1. The van der Waals surface area contributed by atoms with Crippen molar-refractivity contribution in [2.24, 2.45) is 0 Å². The van der Waals surface area contributed by atoms with Gasteiger partial charge < -0.3 is 19.9 Å². The molecule has 0 spiro atoms. The van der Waals surface area contributed by atoms with Crippen molar-refractivity contribution in [1.82, 2.24) is 10.2 Å². The van der Waals surface area contributed by atoms with Gasteiger partial charge in [0, 0.05) is 15.8 Å². The summed E-state index contributed by atoms with van der Waals surface area (Å²) in [5.74, 6) is -0.526. The Hall–Kier alpha value is -1.93. The molecule has 0 unspecified atom stereocenters. The summed E-state index contributed by atoms with van der Waals surface area (Å²) in [7, 11) is 0. The minimum Gasteiger partial charge on any atom is -0.452 e. The van der Waals surface area contributed by atoms with Crippen LogP contribution in [0.2, 0.25) is 0 Å². The first-order chi connectivity index (χ1) is 13.7. The van der Waals surface area contributed by atoms with Gasteiger partial charge in [0.2, 0.25) is 0 Å². The summed E-state index contributed by atoms with van der Waals surface area (Å²) < 4.78 is 5.32. The van der Waals surface area contributed by atoms with E-state index in [9.17, 15) is 14.4 Å². The van der Waals surface area contributed by atoms with Crippen LogP contribution in [0.5, 0.6) is 0 Å². The minimum atomic E-state index is -0.388. The van der Waals surface area contributed by atoms with Gasteiger partial charge in [0.25, 0.3) is 11.8 Å². The van der Waals surface area contributed by atoms with E-state index in [0.717, 1.165) is 42.8 Å². The second kappa shape index (κ2) is 9.26. The third-order valence-corrected chi connectivity index (χ3v) is 6.44. The van der Waals surface area contributed by atoms with Crippen LogP contribution in [0.4, 0.5) is 0 Å². The number of quaternary nitrogens is 1. The lowest BCUT2D eigenvalue weighted by Crippen LogP contribution is -3.16. The maximum Gasteiger partial charge on any atom is 0.339 e. The van der Waals surface area contributed by atoms with Gasteiger partial charge in [0.15, 0.2) is 13.2 Å². The highest BCUT2D eigenvalue weighted by atomic mass is 32.1. The number of hydrogen-bond donors (Lipinski definition) is 2. The van der Waals surface area contributed by atoms with E-state index in [2.05, 4.69) is 5.32 Å². The van der Waals surface area contributed by atoms with Gasteiger partial charge in [0.05, 0.1) is 31.7 Å². The molecule has 1 fully saturated rings. The smallest absolute Gasteiger partial charge is 0.339 e. The number of carbonyl (C=O) groups excluding carboxylic acids is 3. The van der Waals surface area contributed by atoms with E-state index in [0.29, 0.717) is 25.2 Å². The average Bonchev–Trinajstić information content (AvgIpc) is 3.09.